The molecule has 22 heavy (non-hydrogen) atoms. The molecular formula is C17H16N4S. The number of thiazole rings is 1. The third-order valence-corrected chi connectivity index (χ3v) is 3.96. The Labute approximate surface area is 133 Å². The van der Waals surface area contributed by atoms with Crippen molar-refractivity contribution in [2.45, 2.75) is 13.8 Å². The number of hydrazone groups is 1. The van der Waals surface area contributed by atoms with Crippen molar-refractivity contribution in [1.29, 1.82) is 0 Å². The summed E-state index contributed by atoms with van der Waals surface area (Å²) in [6, 6.07) is 12.1. The van der Waals surface area contributed by atoms with E-state index in [-0.39, 0.29) is 0 Å². The second kappa shape index (κ2) is 6.49. The van der Waals surface area contributed by atoms with E-state index in [9.17, 15) is 0 Å². The maximum Gasteiger partial charge on any atom is 0.203 e. The van der Waals surface area contributed by atoms with Gasteiger partial charge in [0, 0.05) is 17.1 Å². The maximum absolute atomic E-state index is 4.59. The number of aryl methyl sites for hydroxylation is 2. The predicted octanol–water partition coefficient (Wildman–Crippen LogP) is 4.27. The zero-order valence-corrected chi connectivity index (χ0v) is 13.3. The van der Waals surface area contributed by atoms with Crippen LogP contribution in [0.4, 0.5) is 5.13 Å². The second-order valence-electron chi connectivity index (χ2n) is 4.98. The first-order valence-electron chi connectivity index (χ1n) is 6.95. The van der Waals surface area contributed by atoms with Crippen LogP contribution in [0.15, 0.2) is 53.1 Å². The fourth-order valence-electron chi connectivity index (χ4n) is 2.07. The first kappa shape index (κ1) is 14.4. The van der Waals surface area contributed by atoms with Crippen molar-refractivity contribution >= 4 is 22.7 Å². The van der Waals surface area contributed by atoms with Crippen LogP contribution in [0.2, 0.25) is 0 Å². The predicted molar refractivity (Wildman–Crippen MR) is 92.5 cm³/mol. The smallest absolute Gasteiger partial charge is 0.203 e. The van der Waals surface area contributed by atoms with Crippen LogP contribution in [0.3, 0.4) is 0 Å². The Balaban J connectivity index is 1.74. The van der Waals surface area contributed by atoms with Gasteiger partial charge < -0.3 is 0 Å². The van der Waals surface area contributed by atoms with E-state index in [0.717, 1.165) is 22.1 Å². The summed E-state index contributed by atoms with van der Waals surface area (Å²) in [7, 11) is 0. The number of pyridine rings is 1. The van der Waals surface area contributed by atoms with Gasteiger partial charge >= 0.3 is 0 Å². The van der Waals surface area contributed by atoms with Gasteiger partial charge in [-0.1, -0.05) is 23.8 Å². The molecule has 4 nitrogen and oxygen atoms in total. The Morgan fingerprint density at radius 3 is 2.91 bits per heavy atom. The lowest BCUT2D eigenvalue weighted by Gasteiger charge is -2.03. The summed E-state index contributed by atoms with van der Waals surface area (Å²) in [4.78, 5) is 8.76. The molecule has 0 atom stereocenters. The van der Waals surface area contributed by atoms with E-state index in [0.29, 0.717) is 0 Å². The third-order valence-electron chi connectivity index (χ3n) is 3.22. The summed E-state index contributed by atoms with van der Waals surface area (Å²) in [5, 5.41) is 6.98. The number of hydrogen-bond acceptors (Lipinski definition) is 5. The van der Waals surface area contributed by atoms with Crippen LogP contribution >= 0.6 is 11.3 Å². The highest BCUT2D eigenvalue weighted by atomic mass is 32.1. The highest BCUT2D eigenvalue weighted by Crippen LogP contribution is 2.28. The minimum absolute atomic E-state index is 0.767. The van der Waals surface area contributed by atoms with E-state index in [2.05, 4.69) is 52.5 Å². The fourth-order valence-corrected chi connectivity index (χ4v) is 2.73. The normalized spacial score (nSPS) is 11.0. The van der Waals surface area contributed by atoms with Gasteiger partial charge in [-0.15, -0.1) is 11.3 Å². The van der Waals surface area contributed by atoms with E-state index in [1.807, 2.05) is 23.6 Å². The summed E-state index contributed by atoms with van der Waals surface area (Å²) in [5.41, 5.74) is 8.35. The van der Waals surface area contributed by atoms with Gasteiger partial charge in [0.05, 0.1) is 17.6 Å². The van der Waals surface area contributed by atoms with Crippen molar-refractivity contribution < 1.29 is 0 Å². The largest absolute Gasteiger partial charge is 0.255 e. The van der Waals surface area contributed by atoms with Crippen LogP contribution < -0.4 is 5.43 Å². The van der Waals surface area contributed by atoms with Gasteiger partial charge in [0.2, 0.25) is 5.13 Å². The number of rotatable bonds is 4. The number of nitrogens with zero attached hydrogens (tertiary/aromatic N) is 3. The first-order chi connectivity index (χ1) is 10.7. The van der Waals surface area contributed by atoms with Crippen LogP contribution in [0.5, 0.6) is 0 Å². The molecule has 110 valence electrons. The number of hydrogen-bond donors (Lipinski definition) is 1. The number of anilines is 1. The van der Waals surface area contributed by atoms with E-state index < -0.39 is 0 Å². The zero-order chi connectivity index (χ0) is 15.4. The molecule has 0 aliphatic rings. The molecule has 2 aromatic heterocycles. The molecule has 3 rings (SSSR count). The highest BCUT2D eigenvalue weighted by Gasteiger charge is 2.07. The maximum atomic E-state index is 4.59. The second-order valence-corrected chi connectivity index (χ2v) is 5.84. The summed E-state index contributed by atoms with van der Waals surface area (Å²) in [6.07, 6.45) is 3.42. The van der Waals surface area contributed by atoms with E-state index in [1.165, 1.54) is 22.5 Å². The van der Waals surface area contributed by atoms with E-state index in [4.69, 9.17) is 0 Å². The summed E-state index contributed by atoms with van der Waals surface area (Å²) in [5.74, 6) is 0. The van der Waals surface area contributed by atoms with Crippen LogP contribution in [0, 0.1) is 13.8 Å². The summed E-state index contributed by atoms with van der Waals surface area (Å²) in [6.45, 7) is 4.19. The van der Waals surface area contributed by atoms with Gasteiger partial charge in [-0.2, -0.15) is 5.10 Å². The minimum Gasteiger partial charge on any atom is -0.255 e. The lowest BCUT2D eigenvalue weighted by molar-refractivity contribution is 1.26. The van der Waals surface area contributed by atoms with Gasteiger partial charge in [0.25, 0.3) is 0 Å². The van der Waals surface area contributed by atoms with Crippen molar-refractivity contribution in [2.24, 2.45) is 5.10 Å². The molecule has 2 heterocycles. The van der Waals surface area contributed by atoms with Crippen LogP contribution in [-0.2, 0) is 0 Å². The molecule has 0 aliphatic carbocycles. The van der Waals surface area contributed by atoms with Crippen molar-refractivity contribution in [1.82, 2.24) is 9.97 Å². The standard InChI is InChI=1S/C17H16N4S/c1-12-6-7-13(2)15(9-12)16-11-22-17(20-16)21-19-10-14-5-3-4-8-18-14/h3-11H,1-2H3,(H,20,21)/b19-10-. The van der Waals surface area contributed by atoms with Crippen LogP contribution in [0.1, 0.15) is 16.8 Å². The highest BCUT2D eigenvalue weighted by molar-refractivity contribution is 7.14. The topological polar surface area (TPSA) is 50.2 Å². The molecule has 0 unspecified atom stereocenters. The van der Waals surface area contributed by atoms with Crippen molar-refractivity contribution in [2.75, 3.05) is 5.43 Å². The Morgan fingerprint density at radius 1 is 1.18 bits per heavy atom. The molecule has 1 aromatic carbocycles. The van der Waals surface area contributed by atoms with Gasteiger partial charge in [0.1, 0.15) is 0 Å². The Kier molecular flexibility index (Phi) is 4.25. The number of benzene rings is 1. The molecule has 0 aliphatic heterocycles. The third kappa shape index (κ3) is 3.38. The molecule has 0 saturated carbocycles. The van der Waals surface area contributed by atoms with Crippen LogP contribution in [0.25, 0.3) is 11.3 Å². The minimum atomic E-state index is 0.767. The first-order valence-corrected chi connectivity index (χ1v) is 7.83. The summed E-state index contributed by atoms with van der Waals surface area (Å²) >= 11 is 1.54. The van der Waals surface area contributed by atoms with Gasteiger partial charge in [-0.25, -0.2) is 4.98 Å². The Bertz CT molecular complexity index is 793. The van der Waals surface area contributed by atoms with Gasteiger partial charge in [0.15, 0.2) is 0 Å². The molecule has 0 amide bonds. The SMILES string of the molecule is Cc1ccc(C)c(-c2csc(N/N=C\c3ccccn3)n2)c1. The lowest BCUT2D eigenvalue weighted by Crippen LogP contribution is -1.92. The quantitative estimate of drug-likeness (QED) is 0.578. The average Bonchev–Trinajstić information content (AvgIpc) is 2.99. The molecule has 3 aromatic rings. The zero-order valence-electron chi connectivity index (χ0n) is 12.4. The van der Waals surface area contributed by atoms with Crippen molar-refractivity contribution in [3.8, 4) is 11.3 Å². The van der Waals surface area contributed by atoms with Crippen LogP contribution in [-0.4, -0.2) is 16.2 Å². The Morgan fingerprint density at radius 2 is 2.09 bits per heavy atom. The molecular weight excluding hydrogens is 292 g/mol. The fraction of sp³-hybridized carbons (Fsp3) is 0.118. The van der Waals surface area contributed by atoms with Gasteiger partial charge in [-0.05, 0) is 37.6 Å². The van der Waals surface area contributed by atoms with E-state index >= 15 is 0 Å². The van der Waals surface area contributed by atoms with Crippen molar-refractivity contribution in [3.63, 3.8) is 0 Å². The molecule has 5 heteroatoms. The molecule has 0 bridgehead atoms. The monoisotopic (exact) mass is 308 g/mol. The number of aromatic nitrogens is 2. The van der Waals surface area contributed by atoms with E-state index in [1.54, 1.807) is 12.4 Å². The molecule has 0 saturated heterocycles. The molecule has 0 fully saturated rings. The molecule has 0 radical (unpaired) electrons. The summed E-state index contributed by atoms with van der Waals surface area (Å²) < 4.78 is 0. The molecule has 0 spiro atoms. The van der Waals surface area contributed by atoms with Crippen molar-refractivity contribution in [3.05, 3.63) is 64.8 Å². The Hall–Kier alpha value is -2.53. The van der Waals surface area contributed by atoms with Gasteiger partial charge in [-0.3, -0.25) is 10.4 Å². The average molecular weight is 308 g/mol. The number of nitrogens with one attached hydrogen (secondary N) is 1. The molecule has 1 N–H and O–H groups in total. The lowest BCUT2D eigenvalue weighted by atomic mass is 10.0.